The summed E-state index contributed by atoms with van der Waals surface area (Å²) in [6, 6.07) is 16.0. The molecule has 0 fully saturated rings. The molecule has 0 radical (unpaired) electrons. The molecule has 1 amide bonds. The number of carbonyl (C=O) groups is 1. The lowest BCUT2D eigenvalue weighted by atomic mass is 9.87. The minimum Gasteiger partial charge on any atom is -0.497 e. The van der Waals surface area contributed by atoms with Crippen LogP contribution in [-0.4, -0.2) is 50.9 Å². The summed E-state index contributed by atoms with van der Waals surface area (Å²) in [4.78, 5) is 14.8. The predicted octanol–water partition coefficient (Wildman–Crippen LogP) is 3.30. The number of thioether (sulfide) groups is 1. The van der Waals surface area contributed by atoms with Crippen LogP contribution in [0.5, 0.6) is 5.75 Å². The summed E-state index contributed by atoms with van der Waals surface area (Å²) in [7, 11) is 3.52. The second kappa shape index (κ2) is 8.65. The Hall–Kier alpha value is -2.87. The number of methoxy groups -OCH3 is 1. The van der Waals surface area contributed by atoms with Crippen LogP contribution in [0.2, 0.25) is 0 Å². The number of hydrogen-bond donors (Lipinski definition) is 0. The van der Waals surface area contributed by atoms with Crippen molar-refractivity contribution in [3.05, 3.63) is 59.7 Å². The molecule has 0 bridgehead atoms. The van der Waals surface area contributed by atoms with E-state index in [1.165, 1.54) is 22.9 Å². The molecule has 1 aromatic heterocycles. The molecule has 1 aliphatic rings. The SMILES string of the molecule is COc1ccc(-n2nnnc2SCC(=O)N(C)C2CCCc3ccccc32)cc1. The van der Waals surface area contributed by atoms with Gasteiger partial charge in [-0.15, -0.1) is 5.10 Å². The van der Waals surface area contributed by atoms with Crippen molar-refractivity contribution in [1.29, 1.82) is 0 Å². The van der Waals surface area contributed by atoms with Gasteiger partial charge in [-0.1, -0.05) is 36.0 Å². The van der Waals surface area contributed by atoms with Crippen molar-refractivity contribution in [3.63, 3.8) is 0 Å². The van der Waals surface area contributed by atoms with E-state index in [1.807, 2.05) is 42.3 Å². The first kappa shape index (κ1) is 19.4. The zero-order valence-electron chi connectivity index (χ0n) is 16.5. The van der Waals surface area contributed by atoms with Gasteiger partial charge in [-0.05, 0) is 65.1 Å². The molecule has 1 aliphatic carbocycles. The molecule has 0 saturated carbocycles. The number of aryl methyl sites for hydroxylation is 1. The van der Waals surface area contributed by atoms with Crippen molar-refractivity contribution in [3.8, 4) is 11.4 Å². The molecular formula is C21H23N5O2S. The quantitative estimate of drug-likeness (QED) is 0.582. The summed E-state index contributed by atoms with van der Waals surface area (Å²) in [6.45, 7) is 0. The lowest BCUT2D eigenvalue weighted by molar-refractivity contribution is -0.129. The van der Waals surface area contributed by atoms with Crippen molar-refractivity contribution < 1.29 is 9.53 Å². The lowest BCUT2D eigenvalue weighted by Crippen LogP contribution is -2.34. The van der Waals surface area contributed by atoms with Crippen LogP contribution in [0.25, 0.3) is 5.69 Å². The van der Waals surface area contributed by atoms with Crippen LogP contribution in [0.4, 0.5) is 0 Å². The molecule has 1 atom stereocenters. The molecule has 0 spiro atoms. The number of benzene rings is 2. The normalized spacial score (nSPS) is 15.6. The standard InChI is InChI=1S/C21H23N5O2S/c1-25(19-9-5-7-15-6-3-4-8-18(15)19)20(27)14-29-21-22-23-24-26(21)16-10-12-17(28-2)13-11-16/h3-4,6,8,10-13,19H,5,7,9,14H2,1-2H3. The van der Waals surface area contributed by atoms with Crippen molar-refractivity contribution >= 4 is 17.7 Å². The molecule has 3 aromatic rings. The van der Waals surface area contributed by atoms with Crippen molar-refractivity contribution in [2.24, 2.45) is 0 Å². The third-order valence-electron chi connectivity index (χ3n) is 5.28. The number of carbonyl (C=O) groups excluding carboxylic acids is 1. The van der Waals surface area contributed by atoms with Crippen LogP contribution in [0.3, 0.4) is 0 Å². The highest BCUT2D eigenvalue weighted by molar-refractivity contribution is 7.99. The summed E-state index contributed by atoms with van der Waals surface area (Å²) < 4.78 is 6.82. The molecule has 7 nitrogen and oxygen atoms in total. The summed E-state index contributed by atoms with van der Waals surface area (Å²) in [6.07, 6.45) is 3.18. The number of rotatable bonds is 6. The molecule has 0 aliphatic heterocycles. The Bertz CT molecular complexity index is 989. The van der Waals surface area contributed by atoms with Gasteiger partial charge >= 0.3 is 0 Å². The van der Waals surface area contributed by atoms with E-state index >= 15 is 0 Å². The zero-order chi connectivity index (χ0) is 20.2. The van der Waals surface area contributed by atoms with Gasteiger partial charge in [-0.2, -0.15) is 4.68 Å². The van der Waals surface area contributed by atoms with E-state index in [2.05, 4.69) is 33.7 Å². The Morgan fingerprint density at radius 3 is 2.83 bits per heavy atom. The van der Waals surface area contributed by atoms with Gasteiger partial charge in [0.15, 0.2) is 0 Å². The van der Waals surface area contributed by atoms with Crippen LogP contribution >= 0.6 is 11.8 Å². The number of amides is 1. The van der Waals surface area contributed by atoms with Crippen molar-refractivity contribution in [2.75, 3.05) is 19.9 Å². The maximum absolute atomic E-state index is 12.9. The Kier molecular flexibility index (Phi) is 5.80. The molecule has 1 heterocycles. The third kappa shape index (κ3) is 4.12. The number of tetrazole rings is 1. The Morgan fingerprint density at radius 1 is 1.24 bits per heavy atom. The van der Waals surface area contributed by atoms with Gasteiger partial charge in [0.1, 0.15) is 5.75 Å². The third-order valence-corrected chi connectivity index (χ3v) is 6.19. The van der Waals surface area contributed by atoms with Crippen LogP contribution in [0.15, 0.2) is 53.7 Å². The molecule has 150 valence electrons. The molecule has 0 saturated heterocycles. The molecule has 0 N–H and O–H groups in total. The fraction of sp³-hybridized carbons (Fsp3) is 0.333. The molecule has 4 rings (SSSR count). The number of aromatic nitrogens is 4. The number of fused-ring (bicyclic) bond motifs is 1. The van der Waals surface area contributed by atoms with E-state index < -0.39 is 0 Å². The van der Waals surface area contributed by atoms with Crippen LogP contribution < -0.4 is 4.74 Å². The van der Waals surface area contributed by atoms with Crippen molar-refractivity contribution in [2.45, 2.75) is 30.5 Å². The van der Waals surface area contributed by atoms with Gasteiger partial charge in [0.25, 0.3) is 0 Å². The topological polar surface area (TPSA) is 73.1 Å². The first-order chi connectivity index (χ1) is 14.2. The zero-order valence-corrected chi connectivity index (χ0v) is 17.3. The van der Waals surface area contributed by atoms with Gasteiger partial charge in [-0.3, -0.25) is 4.79 Å². The highest BCUT2D eigenvalue weighted by Crippen LogP contribution is 2.34. The predicted molar refractivity (Wildman–Crippen MR) is 111 cm³/mol. The Morgan fingerprint density at radius 2 is 2.03 bits per heavy atom. The Balaban J connectivity index is 1.44. The molecular weight excluding hydrogens is 386 g/mol. The van der Waals surface area contributed by atoms with Crippen LogP contribution in [0.1, 0.15) is 30.0 Å². The average molecular weight is 410 g/mol. The molecule has 8 heteroatoms. The smallest absolute Gasteiger partial charge is 0.233 e. The van der Waals surface area contributed by atoms with E-state index in [9.17, 15) is 4.79 Å². The van der Waals surface area contributed by atoms with E-state index in [0.29, 0.717) is 5.16 Å². The minimum atomic E-state index is 0.0704. The van der Waals surface area contributed by atoms with Crippen molar-refractivity contribution in [1.82, 2.24) is 25.1 Å². The van der Waals surface area contributed by atoms with Gasteiger partial charge in [0, 0.05) is 7.05 Å². The van der Waals surface area contributed by atoms with E-state index in [4.69, 9.17) is 4.74 Å². The second-order valence-corrected chi connectivity index (χ2v) is 7.91. The average Bonchev–Trinajstić information content (AvgIpc) is 3.25. The van der Waals surface area contributed by atoms with Gasteiger partial charge in [-0.25, -0.2) is 0 Å². The minimum absolute atomic E-state index is 0.0704. The highest BCUT2D eigenvalue weighted by atomic mass is 32.2. The summed E-state index contributed by atoms with van der Waals surface area (Å²) in [5.74, 6) is 1.12. The maximum Gasteiger partial charge on any atom is 0.233 e. The number of hydrogen-bond acceptors (Lipinski definition) is 6. The fourth-order valence-electron chi connectivity index (χ4n) is 3.69. The number of ether oxygens (including phenoxy) is 1. The number of nitrogens with zero attached hydrogens (tertiary/aromatic N) is 5. The van der Waals surface area contributed by atoms with Crippen LogP contribution in [0, 0.1) is 0 Å². The largest absolute Gasteiger partial charge is 0.497 e. The summed E-state index contributed by atoms with van der Waals surface area (Å²) >= 11 is 1.34. The fourth-order valence-corrected chi connectivity index (χ4v) is 4.50. The lowest BCUT2D eigenvalue weighted by Gasteiger charge is -2.33. The van der Waals surface area contributed by atoms with Gasteiger partial charge in [0.2, 0.25) is 11.1 Å². The van der Waals surface area contributed by atoms with E-state index in [1.54, 1.807) is 11.8 Å². The maximum atomic E-state index is 12.9. The molecule has 29 heavy (non-hydrogen) atoms. The first-order valence-electron chi connectivity index (χ1n) is 9.56. The Labute approximate surface area is 174 Å². The second-order valence-electron chi connectivity index (χ2n) is 6.97. The van der Waals surface area contributed by atoms with Gasteiger partial charge < -0.3 is 9.64 Å². The van der Waals surface area contributed by atoms with Gasteiger partial charge in [0.05, 0.1) is 24.6 Å². The summed E-state index contributed by atoms with van der Waals surface area (Å²) in [5.41, 5.74) is 3.43. The van der Waals surface area contributed by atoms with E-state index in [0.717, 1.165) is 30.7 Å². The van der Waals surface area contributed by atoms with Crippen LogP contribution in [-0.2, 0) is 11.2 Å². The monoisotopic (exact) mass is 409 g/mol. The molecule has 1 unspecified atom stereocenters. The molecule has 2 aromatic carbocycles. The highest BCUT2D eigenvalue weighted by Gasteiger charge is 2.26. The van der Waals surface area contributed by atoms with E-state index in [-0.39, 0.29) is 17.7 Å². The first-order valence-corrected chi connectivity index (χ1v) is 10.5. The summed E-state index contributed by atoms with van der Waals surface area (Å²) in [5, 5.41) is 12.5.